The molecule has 18 heavy (non-hydrogen) atoms. The molecule has 4 nitrogen and oxygen atoms in total. The number of nitrogens with zero attached hydrogens (tertiary/aromatic N) is 2. The smallest absolute Gasteiger partial charge is 0.395 e. The lowest BCUT2D eigenvalue weighted by molar-refractivity contribution is -0.159. The van der Waals surface area contributed by atoms with E-state index in [0.29, 0.717) is 13.0 Å². The number of alkyl halides is 3. The number of rotatable bonds is 3. The van der Waals surface area contributed by atoms with Crippen molar-refractivity contribution in [3.05, 3.63) is 0 Å². The van der Waals surface area contributed by atoms with E-state index >= 15 is 0 Å². The maximum absolute atomic E-state index is 12.3. The Bertz CT molecular complexity index is 322. The van der Waals surface area contributed by atoms with Crippen LogP contribution in [0, 0.1) is 0 Å². The Morgan fingerprint density at radius 3 is 2.61 bits per heavy atom. The molecule has 0 spiro atoms. The third-order valence-electron chi connectivity index (χ3n) is 3.67. The van der Waals surface area contributed by atoms with Crippen LogP contribution in [0.5, 0.6) is 0 Å². The predicted octanol–water partition coefficient (Wildman–Crippen LogP) is 0.606. The van der Waals surface area contributed by atoms with Gasteiger partial charge in [0.05, 0.1) is 12.6 Å². The van der Waals surface area contributed by atoms with Crippen molar-refractivity contribution in [2.45, 2.75) is 37.5 Å². The normalized spacial score (nSPS) is 30.4. The van der Waals surface area contributed by atoms with Crippen LogP contribution in [-0.4, -0.2) is 65.3 Å². The number of carbonyl (C=O) groups excluding carboxylic acids is 1. The summed E-state index contributed by atoms with van der Waals surface area (Å²) in [7, 11) is 0. The van der Waals surface area contributed by atoms with Crippen LogP contribution in [0.25, 0.3) is 0 Å². The maximum atomic E-state index is 12.3. The summed E-state index contributed by atoms with van der Waals surface area (Å²) >= 11 is 0. The minimum Gasteiger partial charge on any atom is -0.395 e. The second-order valence-electron chi connectivity index (χ2n) is 4.90. The molecule has 2 aliphatic rings. The molecule has 0 radical (unpaired) electrons. The number of amides is 1. The van der Waals surface area contributed by atoms with Gasteiger partial charge in [0.1, 0.15) is 6.54 Å². The van der Waals surface area contributed by atoms with Crippen LogP contribution in [0.1, 0.15) is 19.3 Å². The summed E-state index contributed by atoms with van der Waals surface area (Å²) in [6.45, 7) is -0.373. The van der Waals surface area contributed by atoms with Gasteiger partial charge < -0.3 is 10.0 Å². The number of hydrogen-bond donors (Lipinski definition) is 1. The summed E-state index contributed by atoms with van der Waals surface area (Å²) in [6.07, 6.45) is -2.23. The van der Waals surface area contributed by atoms with Crippen molar-refractivity contribution in [1.29, 1.82) is 0 Å². The lowest BCUT2D eigenvalue weighted by atomic mass is 10.1. The third kappa shape index (κ3) is 2.77. The van der Waals surface area contributed by atoms with Crippen molar-refractivity contribution >= 4 is 5.91 Å². The summed E-state index contributed by atoms with van der Waals surface area (Å²) < 4.78 is 36.8. The molecule has 1 N–H and O–H groups in total. The molecule has 0 aromatic rings. The van der Waals surface area contributed by atoms with E-state index in [0.717, 1.165) is 17.7 Å². The quantitative estimate of drug-likeness (QED) is 0.814. The molecule has 2 atom stereocenters. The zero-order valence-corrected chi connectivity index (χ0v) is 9.99. The molecule has 7 heteroatoms. The first-order valence-corrected chi connectivity index (χ1v) is 6.14. The third-order valence-corrected chi connectivity index (χ3v) is 3.67. The van der Waals surface area contributed by atoms with Crippen molar-refractivity contribution in [2.24, 2.45) is 0 Å². The molecule has 104 valence electrons. The van der Waals surface area contributed by atoms with Crippen molar-refractivity contribution in [2.75, 3.05) is 26.2 Å². The Hall–Kier alpha value is -0.820. The highest BCUT2D eigenvalue weighted by Gasteiger charge is 2.43. The van der Waals surface area contributed by atoms with Gasteiger partial charge in [-0.25, -0.2) is 0 Å². The summed E-state index contributed by atoms with van der Waals surface area (Å²) in [5.74, 6) is -0.451. The molecule has 0 aliphatic carbocycles. The van der Waals surface area contributed by atoms with Gasteiger partial charge >= 0.3 is 6.18 Å². The SMILES string of the molecule is O=C1C(N2CCCC2CO)CCN1CC(F)(F)F. The van der Waals surface area contributed by atoms with Gasteiger partial charge in [0.15, 0.2) is 0 Å². The molecule has 0 aromatic carbocycles. The fourth-order valence-electron chi connectivity index (χ4n) is 2.87. The molecule has 1 amide bonds. The molecule has 2 unspecified atom stereocenters. The topological polar surface area (TPSA) is 43.8 Å². The summed E-state index contributed by atoms with van der Waals surface area (Å²) in [4.78, 5) is 14.7. The molecule has 0 bridgehead atoms. The fraction of sp³-hybridized carbons (Fsp3) is 0.909. The van der Waals surface area contributed by atoms with Crippen molar-refractivity contribution < 1.29 is 23.1 Å². The van der Waals surface area contributed by atoms with Crippen LogP contribution in [0.15, 0.2) is 0 Å². The Morgan fingerprint density at radius 1 is 1.28 bits per heavy atom. The molecule has 2 heterocycles. The Labute approximate surface area is 103 Å². The van der Waals surface area contributed by atoms with Crippen LogP contribution in [-0.2, 0) is 4.79 Å². The van der Waals surface area contributed by atoms with Crippen LogP contribution >= 0.6 is 0 Å². The number of halogens is 3. The molecule has 2 aliphatic heterocycles. The Kier molecular flexibility index (Phi) is 3.82. The Morgan fingerprint density at radius 2 is 2.00 bits per heavy atom. The van der Waals surface area contributed by atoms with E-state index in [1.54, 1.807) is 0 Å². The van der Waals surface area contributed by atoms with Crippen LogP contribution in [0.2, 0.25) is 0 Å². The van der Waals surface area contributed by atoms with Gasteiger partial charge in [-0.05, 0) is 25.8 Å². The second-order valence-corrected chi connectivity index (χ2v) is 4.90. The second kappa shape index (κ2) is 5.05. The minimum absolute atomic E-state index is 0.0386. The highest BCUT2D eigenvalue weighted by Crippen LogP contribution is 2.28. The van der Waals surface area contributed by atoms with E-state index in [1.807, 2.05) is 4.90 Å². The van der Waals surface area contributed by atoms with Crippen LogP contribution in [0.3, 0.4) is 0 Å². The molecule has 2 rings (SSSR count). The van der Waals surface area contributed by atoms with Gasteiger partial charge in [0.25, 0.3) is 0 Å². The molecule has 0 aromatic heterocycles. The monoisotopic (exact) mass is 266 g/mol. The van der Waals surface area contributed by atoms with Crippen molar-refractivity contribution in [3.63, 3.8) is 0 Å². The number of carbonyl (C=O) groups is 1. The predicted molar refractivity (Wildman–Crippen MR) is 57.9 cm³/mol. The average molecular weight is 266 g/mol. The molecular formula is C11H17F3N2O2. The van der Waals surface area contributed by atoms with Crippen molar-refractivity contribution in [3.8, 4) is 0 Å². The highest BCUT2D eigenvalue weighted by atomic mass is 19.4. The summed E-state index contributed by atoms with van der Waals surface area (Å²) in [6, 6.07) is -0.559. The van der Waals surface area contributed by atoms with Crippen molar-refractivity contribution in [1.82, 2.24) is 9.80 Å². The molecule has 0 saturated carbocycles. The minimum atomic E-state index is -4.34. The number of hydrogen-bond acceptors (Lipinski definition) is 3. The van der Waals surface area contributed by atoms with Gasteiger partial charge in [0, 0.05) is 12.6 Å². The maximum Gasteiger partial charge on any atom is 0.406 e. The standard InChI is InChI=1S/C11H17F3N2O2/c12-11(13,14)7-15-5-3-9(10(15)18)16-4-1-2-8(16)6-17/h8-9,17H,1-7H2. The first kappa shape index (κ1) is 13.6. The Balaban J connectivity index is 1.98. The largest absolute Gasteiger partial charge is 0.406 e. The molecule has 2 fully saturated rings. The van der Waals surface area contributed by atoms with Crippen LogP contribution in [0.4, 0.5) is 13.2 Å². The first-order valence-electron chi connectivity index (χ1n) is 6.14. The zero-order valence-electron chi connectivity index (χ0n) is 9.99. The van der Waals surface area contributed by atoms with E-state index in [4.69, 9.17) is 0 Å². The highest BCUT2D eigenvalue weighted by molar-refractivity contribution is 5.84. The zero-order chi connectivity index (χ0) is 13.3. The number of aliphatic hydroxyl groups is 1. The lowest BCUT2D eigenvalue weighted by Crippen LogP contribution is -2.46. The fourth-order valence-corrected chi connectivity index (χ4v) is 2.87. The van der Waals surface area contributed by atoms with Gasteiger partial charge in [-0.2, -0.15) is 13.2 Å². The van der Waals surface area contributed by atoms with Gasteiger partial charge in [0.2, 0.25) is 5.91 Å². The van der Waals surface area contributed by atoms with Gasteiger partial charge in [-0.1, -0.05) is 0 Å². The van der Waals surface area contributed by atoms with E-state index in [-0.39, 0.29) is 19.2 Å². The van der Waals surface area contributed by atoms with Crippen LogP contribution < -0.4 is 0 Å². The number of likely N-dealkylation sites (tertiary alicyclic amines) is 2. The molecular weight excluding hydrogens is 249 g/mol. The summed E-state index contributed by atoms with van der Waals surface area (Å²) in [5.41, 5.74) is 0. The molecule has 2 saturated heterocycles. The van der Waals surface area contributed by atoms with E-state index in [2.05, 4.69) is 0 Å². The van der Waals surface area contributed by atoms with E-state index in [9.17, 15) is 23.1 Å². The number of aliphatic hydroxyl groups excluding tert-OH is 1. The first-order chi connectivity index (χ1) is 8.42. The lowest BCUT2D eigenvalue weighted by Gasteiger charge is -2.28. The van der Waals surface area contributed by atoms with Gasteiger partial charge in [-0.3, -0.25) is 9.69 Å². The average Bonchev–Trinajstić information content (AvgIpc) is 2.84. The van der Waals surface area contributed by atoms with Gasteiger partial charge in [-0.15, -0.1) is 0 Å². The summed E-state index contributed by atoms with van der Waals surface area (Å²) in [5, 5.41) is 9.19. The van der Waals surface area contributed by atoms with E-state index in [1.165, 1.54) is 0 Å². The van der Waals surface area contributed by atoms with E-state index < -0.39 is 24.7 Å².